The van der Waals surface area contributed by atoms with E-state index in [0.717, 1.165) is 13.0 Å². The Morgan fingerprint density at radius 1 is 1.24 bits per heavy atom. The van der Waals surface area contributed by atoms with Gasteiger partial charge in [-0.2, -0.15) is 5.26 Å². The van der Waals surface area contributed by atoms with Gasteiger partial charge in [-0.3, -0.25) is 4.90 Å². The fourth-order valence-electron chi connectivity index (χ4n) is 1.87. The van der Waals surface area contributed by atoms with E-state index in [4.69, 9.17) is 5.26 Å². The van der Waals surface area contributed by atoms with Crippen molar-refractivity contribution in [2.24, 2.45) is 0 Å². The van der Waals surface area contributed by atoms with E-state index in [2.05, 4.69) is 43.9 Å². The van der Waals surface area contributed by atoms with Crippen LogP contribution in [0.4, 0.5) is 0 Å². The van der Waals surface area contributed by atoms with Gasteiger partial charge < -0.3 is 0 Å². The zero-order valence-electron chi connectivity index (χ0n) is 11.5. The second-order valence-corrected chi connectivity index (χ2v) is 4.83. The highest BCUT2D eigenvalue weighted by Crippen LogP contribution is 2.17. The smallest absolute Gasteiger partial charge is 0.0946 e. The van der Waals surface area contributed by atoms with Gasteiger partial charge in [-0.15, -0.1) is 0 Å². The summed E-state index contributed by atoms with van der Waals surface area (Å²) in [4.78, 5) is 2.09. The molecule has 1 atom stereocenters. The van der Waals surface area contributed by atoms with E-state index in [1.807, 2.05) is 14.0 Å². The molecule has 0 radical (unpaired) electrons. The van der Waals surface area contributed by atoms with Crippen LogP contribution >= 0.6 is 0 Å². The molecule has 0 saturated carbocycles. The monoisotopic (exact) mass is 230 g/mol. The lowest BCUT2D eigenvalue weighted by molar-refractivity contribution is 0.306. The summed E-state index contributed by atoms with van der Waals surface area (Å²) in [6.07, 6.45) is 1.01. The molecule has 0 saturated heterocycles. The third kappa shape index (κ3) is 3.31. The third-order valence-electron chi connectivity index (χ3n) is 3.75. The number of aryl methyl sites for hydroxylation is 1. The second-order valence-electron chi connectivity index (χ2n) is 4.83. The average Bonchev–Trinajstić information content (AvgIpc) is 2.33. The third-order valence-corrected chi connectivity index (χ3v) is 3.75. The minimum atomic E-state index is -0.0122. The molecule has 0 aliphatic heterocycles. The van der Waals surface area contributed by atoms with Crippen molar-refractivity contribution in [1.82, 2.24) is 4.90 Å². The highest BCUT2D eigenvalue weighted by molar-refractivity contribution is 5.38. The molecule has 0 aliphatic carbocycles. The van der Waals surface area contributed by atoms with Crippen LogP contribution in [0, 0.1) is 32.1 Å². The van der Waals surface area contributed by atoms with Crippen LogP contribution in [0.5, 0.6) is 0 Å². The fraction of sp³-hybridized carbons (Fsp3) is 0.533. The summed E-state index contributed by atoms with van der Waals surface area (Å²) in [6, 6.07) is 6.65. The van der Waals surface area contributed by atoms with Crippen LogP contribution in [0.25, 0.3) is 0 Å². The van der Waals surface area contributed by atoms with Crippen molar-refractivity contribution in [1.29, 1.82) is 5.26 Å². The molecule has 92 valence electrons. The van der Waals surface area contributed by atoms with Gasteiger partial charge in [0.1, 0.15) is 0 Å². The van der Waals surface area contributed by atoms with Crippen molar-refractivity contribution in [3.63, 3.8) is 0 Å². The summed E-state index contributed by atoms with van der Waals surface area (Å²) in [6.45, 7) is 9.38. The van der Waals surface area contributed by atoms with Gasteiger partial charge >= 0.3 is 0 Å². The predicted molar refractivity (Wildman–Crippen MR) is 72.1 cm³/mol. The normalized spacial score (nSPS) is 12.5. The van der Waals surface area contributed by atoms with Crippen molar-refractivity contribution in [3.8, 4) is 6.07 Å². The standard InChI is InChI=1S/C15H22N2/c1-11-6-7-15(14(4)13(11)3)8-9-17(5)12(2)10-16/h6-7,12H,8-9H2,1-5H3. The Hall–Kier alpha value is -1.33. The molecular formula is C15H22N2. The lowest BCUT2D eigenvalue weighted by Crippen LogP contribution is -2.29. The van der Waals surface area contributed by atoms with Gasteiger partial charge in [0.25, 0.3) is 0 Å². The Bertz CT molecular complexity index is 429. The van der Waals surface area contributed by atoms with Crippen LogP contribution in [0.1, 0.15) is 29.2 Å². The molecule has 0 N–H and O–H groups in total. The minimum Gasteiger partial charge on any atom is -0.291 e. The molecular weight excluding hydrogens is 208 g/mol. The van der Waals surface area contributed by atoms with Crippen LogP contribution in [0.3, 0.4) is 0 Å². The van der Waals surface area contributed by atoms with E-state index in [1.165, 1.54) is 22.3 Å². The van der Waals surface area contributed by atoms with Gasteiger partial charge in [-0.1, -0.05) is 12.1 Å². The molecule has 1 aromatic rings. The summed E-state index contributed by atoms with van der Waals surface area (Å²) >= 11 is 0. The molecule has 2 nitrogen and oxygen atoms in total. The quantitative estimate of drug-likeness (QED) is 0.795. The van der Waals surface area contributed by atoms with Gasteiger partial charge in [-0.25, -0.2) is 0 Å². The molecule has 0 amide bonds. The van der Waals surface area contributed by atoms with Crippen LogP contribution < -0.4 is 0 Å². The summed E-state index contributed by atoms with van der Waals surface area (Å²) in [5.41, 5.74) is 5.52. The molecule has 17 heavy (non-hydrogen) atoms. The zero-order chi connectivity index (χ0) is 13.0. The van der Waals surface area contributed by atoms with Gasteiger partial charge in [0.2, 0.25) is 0 Å². The SMILES string of the molecule is Cc1ccc(CCN(C)C(C)C#N)c(C)c1C. The number of rotatable bonds is 4. The van der Waals surface area contributed by atoms with Gasteiger partial charge in [0, 0.05) is 6.54 Å². The molecule has 1 aromatic carbocycles. The Kier molecular flexibility index (Phi) is 4.72. The molecule has 0 heterocycles. The number of nitriles is 1. The number of benzene rings is 1. The Morgan fingerprint density at radius 3 is 2.47 bits per heavy atom. The first-order valence-electron chi connectivity index (χ1n) is 6.13. The van der Waals surface area contributed by atoms with E-state index in [9.17, 15) is 0 Å². The van der Waals surface area contributed by atoms with Crippen molar-refractivity contribution in [3.05, 3.63) is 34.4 Å². The van der Waals surface area contributed by atoms with E-state index >= 15 is 0 Å². The Labute approximate surface area is 105 Å². The number of hydrogen-bond acceptors (Lipinski definition) is 2. The summed E-state index contributed by atoms with van der Waals surface area (Å²) < 4.78 is 0. The fourth-order valence-corrected chi connectivity index (χ4v) is 1.87. The second kappa shape index (κ2) is 5.84. The van der Waals surface area contributed by atoms with Crippen LogP contribution in [0.2, 0.25) is 0 Å². The highest BCUT2D eigenvalue weighted by Gasteiger charge is 2.09. The lowest BCUT2D eigenvalue weighted by atomic mass is 9.97. The van der Waals surface area contributed by atoms with Crippen molar-refractivity contribution >= 4 is 0 Å². The maximum atomic E-state index is 8.85. The topological polar surface area (TPSA) is 27.0 Å². The van der Waals surface area contributed by atoms with E-state index in [1.54, 1.807) is 0 Å². The molecule has 0 spiro atoms. The Morgan fingerprint density at radius 2 is 1.88 bits per heavy atom. The summed E-state index contributed by atoms with van der Waals surface area (Å²) in [5, 5.41) is 8.85. The van der Waals surface area contributed by atoms with Crippen LogP contribution in [-0.2, 0) is 6.42 Å². The number of likely N-dealkylation sites (N-methyl/N-ethyl adjacent to an activating group) is 1. The molecule has 1 unspecified atom stereocenters. The molecule has 0 fully saturated rings. The average molecular weight is 230 g/mol. The maximum Gasteiger partial charge on any atom is 0.0946 e. The van der Waals surface area contributed by atoms with Gasteiger partial charge in [-0.05, 0) is 63.4 Å². The number of hydrogen-bond donors (Lipinski definition) is 0. The predicted octanol–water partition coefficient (Wildman–Crippen LogP) is 3.00. The molecule has 0 aliphatic rings. The van der Waals surface area contributed by atoms with E-state index < -0.39 is 0 Å². The maximum absolute atomic E-state index is 8.85. The summed E-state index contributed by atoms with van der Waals surface area (Å²) in [7, 11) is 2.00. The first kappa shape index (κ1) is 13.7. The first-order chi connectivity index (χ1) is 7.97. The van der Waals surface area contributed by atoms with Crippen molar-refractivity contribution in [2.75, 3.05) is 13.6 Å². The molecule has 0 bridgehead atoms. The largest absolute Gasteiger partial charge is 0.291 e. The molecule has 0 aromatic heterocycles. The molecule has 1 rings (SSSR count). The Balaban J connectivity index is 2.71. The first-order valence-corrected chi connectivity index (χ1v) is 6.13. The van der Waals surface area contributed by atoms with E-state index in [-0.39, 0.29) is 6.04 Å². The number of nitrogens with zero attached hydrogens (tertiary/aromatic N) is 2. The highest BCUT2D eigenvalue weighted by atomic mass is 15.1. The van der Waals surface area contributed by atoms with Crippen LogP contribution in [0.15, 0.2) is 12.1 Å². The van der Waals surface area contributed by atoms with Crippen molar-refractivity contribution < 1.29 is 0 Å². The van der Waals surface area contributed by atoms with Crippen LogP contribution in [-0.4, -0.2) is 24.5 Å². The van der Waals surface area contributed by atoms with Gasteiger partial charge in [0.05, 0.1) is 12.1 Å². The van der Waals surface area contributed by atoms with Crippen molar-refractivity contribution in [2.45, 2.75) is 40.2 Å². The summed E-state index contributed by atoms with van der Waals surface area (Å²) in [5.74, 6) is 0. The lowest BCUT2D eigenvalue weighted by Gasteiger charge is -2.20. The minimum absolute atomic E-state index is 0.0122. The molecule has 2 heteroatoms. The van der Waals surface area contributed by atoms with Gasteiger partial charge in [0.15, 0.2) is 0 Å². The zero-order valence-corrected chi connectivity index (χ0v) is 11.5. The van der Waals surface area contributed by atoms with E-state index in [0.29, 0.717) is 0 Å².